The third-order valence-corrected chi connectivity index (χ3v) is 12.7. The zero-order chi connectivity index (χ0) is 25.4. The van der Waals surface area contributed by atoms with Crippen LogP contribution in [0.3, 0.4) is 0 Å². The summed E-state index contributed by atoms with van der Waals surface area (Å²) < 4.78 is 12.3. The van der Waals surface area contributed by atoms with Crippen molar-refractivity contribution in [1.29, 1.82) is 0 Å². The minimum absolute atomic E-state index is 0.0257. The van der Waals surface area contributed by atoms with Crippen molar-refractivity contribution in [1.82, 2.24) is 0 Å². The molecule has 37 heavy (non-hydrogen) atoms. The van der Waals surface area contributed by atoms with Crippen molar-refractivity contribution in [2.24, 2.45) is 29.1 Å². The lowest BCUT2D eigenvalue weighted by Crippen LogP contribution is -2.76. The fourth-order valence-corrected chi connectivity index (χ4v) is 11.6. The van der Waals surface area contributed by atoms with Crippen molar-refractivity contribution in [3.63, 3.8) is 0 Å². The lowest BCUT2D eigenvalue weighted by atomic mass is 9.32. The smallest absolute Gasteiger partial charge is 0.344 e. The molecule has 2 aromatic carbocycles. The number of rotatable bonds is 7. The molecule has 0 saturated heterocycles. The SMILES string of the molecule is Cc1cc([SH](C2=CCCC=C2)c2cc#ccc2)cc(C)c1OCC(=O)OC1(C)C2CC3CC4CC1C42C3. The van der Waals surface area contributed by atoms with E-state index in [1.165, 1.54) is 40.4 Å². The molecule has 0 amide bonds. The van der Waals surface area contributed by atoms with Gasteiger partial charge in [-0.2, -0.15) is 10.9 Å². The fourth-order valence-electron chi connectivity index (χ4n) is 9.06. The molecule has 3 nitrogen and oxygen atoms in total. The van der Waals surface area contributed by atoms with Crippen molar-refractivity contribution in [3.05, 3.63) is 76.7 Å². The number of hydrogen-bond acceptors (Lipinski definition) is 3. The Balaban J connectivity index is 1.07. The van der Waals surface area contributed by atoms with Crippen LogP contribution in [0.25, 0.3) is 0 Å². The van der Waals surface area contributed by atoms with Gasteiger partial charge < -0.3 is 9.47 Å². The first-order valence-corrected chi connectivity index (χ1v) is 15.2. The van der Waals surface area contributed by atoms with Crippen molar-refractivity contribution >= 4 is 16.9 Å². The van der Waals surface area contributed by atoms with E-state index >= 15 is 0 Å². The van der Waals surface area contributed by atoms with Gasteiger partial charge in [0.25, 0.3) is 0 Å². The first-order valence-electron chi connectivity index (χ1n) is 13.9. The van der Waals surface area contributed by atoms with Crippen LogP contribution in [-0.4, -0.2) is 18.2 Å². The maximum absolute atomic E-state index is 13.0. The van der Waals surface area contributed by atoms with Crippen LogP contribution in [0.2, 0.25) is 0 Å². The predicted octanol–water partition coefficient (Wildman–Crippen LogP) is 7.30. The molecular weight excluding hydrogens is 476 g/mol. The number of esters is 1. The van der Waals surface area contributed by atoms with Gasteiger partial charge in [0.05, 0.1) is 0 Å². The average molecular weight is 513 g/mol. The van der Waals surface area contributed by atoms with E-state index in [9.17, 15) is 4.79 Å². The second kappa shape index (κ2) is 8.43. The first-order chi connectivity index (χ1) is 17.9. The number of thiol groups is 1. The molecule has 4 fully saturated rings. The van der Waals surface area contributed by atoms with Gasteiger partial charge in [-0.1, -0.05) is 30.4 Å². The molecule has 0 aliphatic heterocycles. The third-order valence-electron chi connectivity index (χ3n) is 10.3. The minimum Gasteiger partial charge on any atom is -0.481 e. The number of aryl methyl sites for hydroxylation is 2. The first kappa shape index (κ1) is 23.5. The lowest BCUT2D eigenvalue weighted by Gasteiger charge is -2.74. The van der Waals surface area contributed by atoms with Gasteiger partial charge in [0.1, 0.15) is 11.4 Å². The molecule has 7 rings (SSSR count). The van der Waals surface area contributed by atoms with Crippen LogP contribution in [0.4, 0.5) is 0 Å². The normalized spacial score (nSPS) is 35.4. The summed E-state index contributed by atoms with van der Waals surface area (Å²) in [5.74, 6) is 3.51. The van der Waals surface area contributed by atoms with E-state index in [0.29, 0.717) is 17.3 Å². The van der Waals surface area contributed by atoms with Gasteiger partial charge >= 0.3 is 5.97 Å². The third kappa shape index (κ3) is 3.39. The van der Waals surface area contributed by atoms with Crippen LogP contribution in [-0.2, 0) is 9.53 Å². The summed E-state index contributed by atoms with van der Waals surface area (Å²) in [5.41, 5.74) is 2.37. The summed E-state index contributed by atoms with van der Waals surface area (Å²) in [6.45, 7) is 6.34. The summed E-state index contributed by atoms with van der Waals surface area (Å²) in [4.78, 5) is 16.9. The molecule has 0 heterocycles. The van der Waals surface area contributed by atoms with Crippen molar-refractivity contribution in [2.75, 3.05) is 6.61 Å². The maximum Gasteiger partial charge on any atom is 0.344 e. The summed E-state index contributed by atoms with van der Waals surface area (Å²) in [6.07, 6.45) is 14.4. The molecule has 0 radical (unpaired) electrons. The van der Waals surface area contributed by atoms with Gasteiger partial charge in [0.2, 0.25) is 0 Å². The monoisotopic (exact) mass is 512 g/mol. The van der Waals surface area contributed by atoms with E-state index in [0.717, 1.165) is 41.6 Å². The quantitative estimate of drug-likeness (QED) is 0.312. The zero-order valence-electron chi connectivity index (χ0n) is 22.0. The van der Waals surface area contributed by atoms with Gasteiger partial charge in [-0.25, -0.2) is 4.79 Å². The number of carbonyl (C=O) groups excluding carboxylic acids is 1. The van der Waals surface area contributed by atoms with E-state index in [4.69, 9.17) is 9.47 Å². The highest BCUT2D eigenvalue weighted by Crippen LogP contribution is 2.84. The van der Waals surface area contributed by atoms with Crippen molar-refractivity contribution < 1.29 is 14.3 Å². The Morgan fingerprint density at radius 2 is 1.89 bits per heavy atom. The van der Waals surface area contributed by atoms with Crippen molar-refractivity contribution in [3.8, 4) is 5.75 Å². The molecule has 5 aliphatic carbocycles. The van der Waals surface area contributed by atoms with E-state index in [2.05, 4.69) is 75.4 Å². The lowest BCUT2D eigenvalue weighted by molar-refractivity contribution is -0.319. The fraction of sp³-hybridized carbons (Fsp3) is 0.485. The molecule has 192 valence electrons. The standard InChI is InChI=1S/C33H36O3S/c1-21-14-27(37(25-10-6-4-7-11-25)26-12-8-5-9-13-26)15-22(2)31(21)35-20-30(34)36-32(3)28-17-23-16-24-18-29(32)33(24,28)19-23/h6,8,10-15,23-24,28-29,37H,4,7,16-20H2,1-3H3. The average Bonchev–Trinajstić information content (AvgIpc) is 3.41. The van der Waals surface area contributed by atoms with Crippen LogP contribution < -0.4 is 4.74 Å². The Morgan fingerprint density at radius 1 is 1.08 bits per heavy atom. The number of fused-ring (bicyclic) bond motifs is 1. The summed E-state index contributed by atoms with van der Waals surface area (Å²) >= 11 is 0. The molecule has 0 N–H and O–H groups in total. The topological polar surface area (TPSA) is 35.5 Å². The molecule has 2 aromatic rings. The van der Waals surface area contributed by atoms with E-state index in [-0.39, 0.29) is 18.2 Å². The maximum atomic E-state index is 13.0. The Kier molecular flexibility index (Phi) is 5.35. The largest absolute Gasteiger partial charge is 0.481 e. The number of carbonyl (C=O) groups is 1. The second-order valence-electron chi connectivity index (χ2n) is 12.2. The van der Waals surface area contributed by atoms with Gasteiger partial charge in [0, 0.05) is 22.8 Å². The highest BCUT2D eigenvalue weighted by molar-refractivity contribution is 8.20. The number of allylic oxidation sites excluding steroid dienone is 3. The number of hydrogen-bond donors (Lipinski definition) is 1. The molecule has 4 saturated carbocycles. The molecule has 1 spiro atoms. The van der Waals surface area contributed by atoms with Gasteiger partial charge in [0.15, 0.2) is 6.61 Å². The highest BCUT2D eigenvalue weighted by Gasteiger charge is 2.83. The van der Waals surface area contributed by atoms with E-state index in [1.54, 1.807) is 0 Å². The van der Waals surface area contributed by atoms with Crippen molar-refractivity contribution in [2.45, 2.75) is 74.7 Å². The van der Waals surface area contributed by atoms with Crippen LogP contribution in [0, 0.1) is 55.1 Å². The molecule has 7 unspecified atom stereocenters. The van der Waals surface area contributed by atoms with Crippen LogP contribution in [0.15, 0.2) is 63.3 Å². The molecule has 0 aromatic heterocycles. The zero-order valence-corrected chi connectivity index (χ0v) is 22.9. The van der Waals surface area contributed by atoms with Crippen LogP contribution in [0.5, 0.6) is 5.75 Å². The van der Waals surface area contributed by atoms with Crippen LogP contribution in [0.1, 0.15) is 56.6 Å². The molecule has 5 aliphatic rings. The van der Waals surface area contributed by atoms with Crippen LogP contribution >= 0.6 is 10.9 Å². The Hall–Kier alpha value is -2.64. The molecule has 2 bridgehead atoms. The van der Waals surface area contributed by atoms with E-state index < -0.39 is 10.9 Å². The summed E-state index contributed by atoms with van der Waals surface area (Å²) in [7, 11) is -0.682. The molecule has 4 heteroatoms. The second-order valence-corrected chi connectivity index (χ2v) is 14.4. The van der Waals surface area contributed by atoms with Gasteiger partial charge in [-0.3, -0.25) is 0 Å². The number of benzene rings is 1. The van der Waals surface area contributed by atoms with Gasteiger partial charge in [-0.05, 0) is 122 Å². The predicted molar refractivity (Wildman–Crippen MR) is 147 cm³/mol. The minimum atomic E-state index is -0.682. The number of ether oxygens (including phenoxy) is 2. The molecular formula is C33H36O3S. The van der Waals surface area contributed by atoms with Gasteiger partial charge in [-0.15, -0.1) is 0 Å². The molecule has 7 atom stereocenters. The Bertz CT molecular complexity index is 1290. The summed E-state index contributed by atoms with van der Waals surface area (Å²) in [5, 5.41) is 0. The van der Waals surface area contributed by atoms with E-state index in [1.807, 2.05) is 6.07 Å². The highest BCUT2D eigenvalue weighted by atomic mass is 32.2. The Labute approximate surface area is 223 Å². The summed E-state index contributed by atoms with van der Waals surface area (Å²) in [6, 6.07) is 16.8. The Morgan fingerprint density at radius 3 is 2.59 bits per heavy atom.